The fourth-order valence-electron chi connectivity index (χ4n) is 1.30. The predicted octanol–water partition coefficient (Wildman–Crippen LogP) is 2.89. The molecule has 4 heteroatoms. The molecule has 15 heavy (non-hydrogen) atoms. The highest BCUT2D eigenvalue weighted by Gasteiger charge is 1.98. The first-order valence-electron chi connectivity index (χ1n) is 4.63. The van der Waals surface area contributed by atoms with E-state index >= 15 is 0 Å². The molecule has 0 aliphatic rings. The summed E-state index contributed by atoms with van der Waals surface area (Å²) >= 11 is 0. The minimum absolute atomic E-state index is 0. The van der Waals surface area contributed by atoms with Crippen molar-refractivity contribution in [3.05, 3.63) is 47.8 Å². The van der Waals surface area contributed by atoms with Crippen molar-refractivity contribution in [2.24, 2.45) is 0 Å². The van der Waals surface area contributed by atoms with E-state index in [1.54, 1.807) is 6.26 Å². The van der Waals surface area contributed by atoms with Crippen LogP contribution in [-0.2, 0) is 13.1 Å². The standard InChI is InChI=1S/C11H13NO2.ClH/c1-9-4-5-11(14-9)8-12-7-10-3-2-6-13-10;/h2-6,12H,7-8H2,1H3;1H. The predicted molar refractivity (Wildman–Crippen MR) is 59.9 cm³/mol. The van der Waals surface area contributed by atoms with Crippen LogP contribution in [0.4, 0.5) is 0 Å². The molecule has 0 radical (unpaired) electrons. The third-order valence-electron chi connectivity index (χ3n) is 1.97. The van der Waals surface area contributed by atoms with E-state index in [0.717, 1.165) is 30.4 Å². The minimum atomic E-state index is 0. The molecule has 0 bridgehead atoms. The summed E-state index contributed by atoms with van der Waals surface area (Å²) in [6, 6.07) is 7.77. The highest BCUT2D eigenvalue weighted by atomic mass is 35.5. The van der Waals surface area contributed by atoms with Crippen molar-refractivity contribution < 1.29 is 8.83 Å². The fourth-order valence-corrected chi connectivity index (χ4v) is 1.30. The third kappa shape index (κ3) is 3.46. The molecule has 0 unspecified atom stereocenters. The maximum absolute atomic E-state index is 5.41. The van der Waals surface area contributed by atoms with Crippen molar-refractivity contribution in [1.82, 2.24) is 5.32 Å². The summed E-state index contributed by atoms with van der Waals surface area (Å²) < 4.78 is 10.6. The fraction of sp³-hybridized carbons (Fsp3) is 0.273. The topological polar surface area (TPSA) is 38.3 Å². The molecular weight excluding hydrogens is 214 g/mol. The van der Waals surface area contributed by atoms with Crippen LogP contribution in [0, 0.1) is 6.92 Å². The normalized spacial score (nSPS) is 9.93. The summed E-state index contributed by atoms with van der Waals surface area (Å²) in [4.78, 5) is 0. The first kappa shape index (κ1) is 11.9. The molecule has 82 valence electrons. The van der Waals surface area contributed by atoms with E-state index in [0.29, 0.717) is 0 Å². The van der Waals surface area contributed by atoms with Gasteiger partial charge in [0.15, 0.2) is 0 Å². The molecule has 0 saturated heterocycles. The number of aryl methyl sites for hydroxylation is 1. The quantitative estimate of drug-likeness (QED) is 0.873. The lowest BCUT2D eigenvalue weighted by molar-refractivity contribution is 0.440. The van der Waals surface area contributed by atoms with Gasteiger partial charge < -0.3 is 14.2 Å². The van der Waals surface area contributed by atoms with Crippen LogP contribution in [-0.4, -0.2) is 0 Å². The number of hydrogen-bond donors (Lipinski definition) is 1. The van der Waals surface area contributed by atoms with Gasteiger partial charge in [0.2, 0.25) is 0 Å². The Morgan fingerprint density at radius 2 is 1.93 bits per heavy atom. The van der Waals surface area contributed by atoms with Crippen molar-refractivity contribution in [2.75, 3.05) is 0 Å². The molecule has 0 aliphatic heterocycles. The molecule has 2 rings (SSSR count). The van der Waals surface area contributed by atoms with Gasteiger partial charge in [0.25, 0.3) is 0 Å². The van der Waals surface area contributed by atoms with Crippen molar-refractivity contribution in [3.63, 3.8) is 0 Å². The molecule has 1 N–H and O–H groups in total. The van der Waals surface area contributed by atoms with Crippen molar-refractivity contribution >= 4 is 12.4 Å². The Balaban J connectivity index is 0.00000112. The van der Waals surface area contributed by atoms with Gasteiger partial charge in [-0.05, 0) is 31.2 Å². The second-order valence-electron chi connectivity index (χ2n) is 3.20. The van der Waals surface area contributed by atoms with Crippen LogP contribution in [0.5, 0.6) is 0 Å². The number of rotatable bonds is 4. The van der Waals surface area contributed by atoms with E-state index in [9.17, 15) is 0 Å². The molecule has 0 aliphatic carbocycles. The average Bonchev–Trinajstić information content (AvgIpc) is 2.77. The number of hydrogen-bond acceptors (Lipinski definition) is 3. The summed E-state index contributed by atoms with van der Waals surface area (Å²) in [7, 11) is 0. The molecule has 0 amide bonds. The van der Waals surface area contributed by atoms with Crippen molar-refractivity contribution in [2.45, 2.75) is 20.0 Å². The monoisotopic (exact) mass is 227 g/mol. The van der Waals surface area contributed by atoms with Crippen LogP contribution < -0.4 is 5.32 Å². The highest BCUT2D eigenvalue weighted by molar-refractivity contribution is 5.85. The van der Waals surface area contributed by atoms with Gasteiger partial charge in [0.05, 0.1) is 19.4 Å². The van der Waals surface area contributed by atoms with Gasteiger partial charge in [0, 0.05) is 0 Å². The van der Waals surface area contributed by atoms with Gasteiger partial charge in [0.1, 0.15) is 17.3 Å². The molecule has 0 atom stereocenters. The van der Waals surface area contributed by atoms with Gasteiger partial charge in [-0.2, -0.15) is 0 Å². The zero-order valence-corrected chi connectivity index (χ0v) is 9.34. The summed E-state index contributed by atoms with van der Waals surface area (Å²) in [6.07, 6.45) is 1.67. The number of halogens is 1. The lowest BCUT2D eigenvalue weighted by atomic mass is 10.4. The molecule has 2 heterocycles. The summed E-state index contributed by atoms with van der Waals surface area (Å²) in [5, 5.41) is 3.23. The van der Waals surface area contributed by atoms with Crippen LogP contribution >= 0.6 is 12.4 Å². The Labute approximate surface area is 94.9 Å². The zero-order valence-electron chi connectivity index (χ0n) is 8.53. The summed E-state index contributed by atoms with van der Waals surface area (Å²) in [6.45, 7) is 3.40. The Morgan fingerprint density at radius 1 is 1.13 bits per heavy atom. The van der Waals surface area contributed by atoms with Crippen molar-refractivity contribution in [1.29, 1.82) is 0 Å². The maximum atomic E-state index is 5.41. The Bertz CT molecular complexity index is 381. The van der Waals surface area contributed by atoms with E-state index in [1.165, 1.54) is 0 Å². The van der Waals surface area contributed by atoms with Crippen LogP contribution in [0.3, 0.4) is 0 Å². The number of nitrogens with one attached hydrogen (secondary N) is 1. The van der Waals surface area contributed by atoms with Gasteiger partial charge in [-0.1, -0.05) is 0 Å². The van der Waals surface area contributed by atoms with Crippen LogP contribution in [0.25, 0.3) is 0 Å². The first-order valence-corrected chi connectivity index (χ1v) is 4.63. The lowest BCUT2D eigenvalue weighted by Crippen LogP contribution is -2.11. The smallest absolute Gasteiger partial charge is 0.117 e. The molecule has 0 spiro atoms. The van der Waals surface area contributed by atoms with E-state index < -0.39 is 0 Å². The van der Waals surface area contributed by atoms with E-state index in [4.69, 9.17) is 8.83 Å². The maximum Gasteiger partial charge on any atom is 0.117 e. The first-order chi connectivity index (χ1) is 6.84. The van der Waals surface area contributed by atoms with Gasteiger partial charge in [-0.3, -0.25) is 0 Å². The molecular formula is C11H14ClNO2. The van der Waals surface area contributed by atoms with Crippen LogP contribution in [0.2, 0.25) is 0 Å². The molecule has 2 aromatic rings. The van der Waals surface area contributed by atoms with E-state index in [1.807, 2.05) is 31.2 Å². The highest BCUT2D eigenvalue weighted by Crippen LogP contribution is 2.06. The molecule has 2 aromatic heterocycles. The lowest BCUT2D eigenvalue weighted by Gasteiger charge is -1.98. The Hall–Kier alpha value is -1.19. The second kappa shape index (κ2) is 5.63. The van der Waals surface area contributed by atoms with Gasteiger partial charge in [-0.25, -0.2) is 0 Å². The van der Waals surface area contributed by atoms with Crippen LogP contribution in [0.1, 0.15) is 17.3 Å². The van der Waals surface area contributed by atoms with Crippen LogP contribution in [0.15, 0.2) is 39.4 Å². The summed E-state index contributed by atoms with van der Waals surface area (Å²) in [5.41, 5.74) is 0. The summed E-state index contributed by atoms with van der Waals surface area (Å²) in [5.74, 6) is 2.84. The SMILES string of the molecule is Cc1ccc(CNCc2ccco2)o1.Cl. The average molecular weight is 228 g/mol. The second-order valence-corrected chi connectivity index (χ2v) is 3.20. The molecule has 0 fully saturated rings. The van der Waals surface area contributed by atoms with Gasteiger partial charge in [-0.15, -0.1) is 12.4 Å². The molecule has 0 saturated carbocycles. The van der Waals surface area contributed by atoms with Crippen molar-refractivity contribution in [3.8, 4) is 0 Å². The zero-order chi connectivity index (χ0) is 9.80. The third-order valence-corrected chi connectivity index (χ3v) is 1.97. The van der Waals surface area contributed by atoms with E-state index in [-0.39, 0.29) is 12.4 Å². The Morgan fingerprint density at radius 3 is 2.53 bits per heavy atom. The largest absolute Gasteiger partial charge is 0.468 e. The molecule has 3 nitrogen and oxygen atoms in total. The number of furan rings is 2. The van der Waals surface area contributed by atoms with Gasteiger partial charge >= 0.3 is 0 Å². The molecule has 0 aromatic carbocycles. The minimum Gasteiger partial charge on any atom is -0.468 e. The van der Waals surface area contributed by atoms with E-state index in [2.05, 4.69) is 5.32 Å². The Kier molecular flexibility index (Phi) is 4.46.